The van der Waals surface area contributed by atoms with Gasteiger partial charge in [0.2, 0.25) is 0 Å². The van der Waals surface area contributed by atoms with E-state index in [-0.39, 0.29) is 17.9 Å². The number of thiophene rings is 1. The average Bonchev–Trinajstić information content (AvgIpc) is 3.35. The highest BCUT2D eigenvalue weighted by atomic mass is 32.1. The van der Waals surface area contributed by atoms with Gasteiger partial charge in [-0.05, 0) is 48.9 Å². The molecule has 0 aliphatic heterocycles. The number of hydrogen-bond donors (Lipinski definition) is 3. The Hall–Kier alpha value is -2.54. The molecular formula is C23H32N4O2S. The van der Waals surface area contributed by atoms with E-state index in [4.69, 9.17) is 9.73 Å². The largest absolute Gasteiger partial charge is 0.484 e. The summed E-state index contributed by atoms with van der Waals surface area (Å²) < 4.78 is 5.63. The second-order valence-electron chi connectivity index (χ2n) is 8.19. The first-order chi connectivity index (χ1) is 14.5. The van der Waals surface area contributed by atoms with Crippen LogP contribution < -0.4 is 20.7 Å². The number of hydrogen-bond acceptors (Lipinski definition) is 4. The number of benzene rings is 1. The molecule has 0 spiro atoms. The van der Waals surface area contributed by atoms with Crippen LogP contribution in [0.3, 0.4) is 0 Å². The molecule has 1 fully saturated rings. The fraction of sp³-hybridized carbons (Fsp3) is 0.478. The molecule has 2 aromatic rings. The summed E-state index contributed by atoms with van der Waals surface area (Å²) in [5.41, 5.74) is 1.06. The lowest BCUT2D eigenvalue weighted by Crippen LogP contribution is -2.43. The van der Waals surface area contributed by atoms with Crippen LogP contribution in [0.4, 0.5) is 0 Å². The van der Waals surface area contributed by atoms with Crippen molar-refractivity contribution in [3.63, 3.8) is 0 Å². The normalized spacial score (nSPS) is 14.3. The number of rotatable bonds is 10. The van der Waals surface area contributed by atoms with Gasteiger partial charge in [0.05, 0.1) is 6.54 Å². The molecule has 30 heavy (non-hydrogen) atoms. The molecule has 1 aromatic carbocycles. The fourth-order valence-electron chi connectivity index (χ4n) is 2.95. The molecule has 7 heteroatoms. The van der Waals surface area contributed by atoms with E-state index in [1.807, 2.05) is 24.3 Å². The van der Waals surface area contributed by atoms with Crippen LogP contribution in [0.15, 0.2) is 46.8 Å². The number of carbonyl (C=O) groups is 1. The van der Waals surface area contributed by atoms with Crippen molar-refractivity contribution in [2.24, 2.45) is 4.99 Å². The van der Waals surface area contributed by atoms with Crippen LogP contribution in [-0.2, 0) is 16.8 Å². The summed E-state index contributed by atoms with van der Waals surface area (Å²) in [4.78, 5) is 17.9. The van der Waals surface area contributed by atoms with Crippen molar-refractivity contribution < 1.29 is 9.53 Å². The average molecular weight is 429 g/mol. The molecule has 3 rings (SSSR count). The molecule has 1 aromatic heterocycles. The Morgan fingerprint density at radius 3 is 2.77 bits per heavy atom. The molecule has 1 amide bonds. The Bertz CT molecular complexity index is 845. The number of ether oxygens (including phenoxy) is 1. The quantitative estimate of drug-likeness (QED) is 0.400. The maximum Gasteiger partial charge on any atom is 0.258 e. The van der Waals surface area contributed by atoms with Gasteiger partial charge in [-0.2, -0.15) is 0 Å². The molecule has 3 N–H and O–H groups in total. The van der Waals surface area contributed by atoms with Crippen LogP contribution in [0, 0.1) is 0 Å². The van der Waals surface area contributed by atoms with E-state index < -0.39 is 0 Å². The SMILES string of the molecule is CCNC(=NCc1cccc(OCC(=O)NC2CC2)c1)NCC(C)(C)c1cccs1. The lowest BCUT2D eigenvalue weighted by Gasteiger charge is -2.25. The summed E-state index contributed by atoms with van der Waals surface area (Å²) in [6.07, 6.45) is 2.15. The Morgan fingerprint density at radius 1 is 1.23 bits per heavy atom. The van der Waals surface area contributed by atoms with Gasteiger partial charge in [-0.1, -0.05) is 32.0 Å². The maximum atomic E-state index is 11.8. The summed E-state index contributed by atoms with van der Waals surface area (Å²) in [5, 5.41) is 11.8. The predicted octanol–water partition coefficient (Wildman–Crippen LogP) is 3.44. The smallest absolute Gasteiger partial charge is 0.258 e. The summed E-state index contributed by atoms with van der Waals surface area (Å²) in [6.45, 7) is 8.68. The van der Waals surface area contributed by atoms with Gasteiger partial charge in [0.1, 0.15) is 5.75 Å². The molecule has 0 saturated heterocycles. The highest BCUT2D eigenvalue weighted by Crippen LogP contribution is 2.26. The monoisotopic (exact) mass is 428 g/mol. The molecule has 1 saturated carbocycles. The predicted molar refractivity (Wildman–Crippen MR) is 123 cm³/mol. The summed E-state index contributed by atoms with van der Waals surface area (Å²) in [6, 6.07) is 12.4. The third-order valence-corrected chi connectivity index (χ3v) is 6.10. The van der Waals surface area contributed by atoms with Gasteiger partial charge in [-0.25, -0.2) is 4.99 Å². The third kappa shape index (κ3) is 7.06. The number of carbonyl (C=O) groups excluding carboxylic acids is 1. The molecule has 0 unspecified atom stereocenters. The molecule has 1 aliphatic rings. The zero-order valence-corrected chi connectivity index (χ0v) is 18.8. The van der Waals surface area contributed by atoms with Crippen molar-refractivity contribution in [1.82, 2.24) is 16.0 Å². The minimum absolute atomic E-state index is 0.0269. The minimum Gasteiger partial charge on any atom is -0.484 e. The van der Waals surface area contributed by atoms with Gasteiger partial charge in [0.15, 0.2) is 12.6 Å². The van der Waals surface area contributed by atoms with Crippen LogP contribution >= 0.6 is 11.3 Å². The second kappa shape index (κ2) is 10.5. The van der Waals surface area contributed by atoms with Gasteiger partial charge in [0.25, 0.3) is 5.91 Å². The Morgan fingerprint density at radius 2 is 2.07 bits per heavy atom. The van der Waals surface area contributed by atoms with Crippen molar-refractivity contribution in [1.29, 1.82) is 0 Å². The van der Waals surface area contributed by atoms with E-state index in [9.17, 15) is 4.79 Å². The lowest BCUT2D eigenvalue weighted by atomic mass is 9.91. The summed E-state index contributed by atoms with van der Waals surface area (Å²) >= 11 is 1.78. The highest BCUT2D eigenvalue weighted by molar-refractivity contribution is 7.10. The van der Waals surface area contributed by atoms with E-state index in [2.05, 4.69) is 54.2 Å². The van der Waals surface area contributed by atoms with Crippen LogP contribution in [0.5, 0.6) is 5.75 Å². The zero-order chi connectivity index (χ0) is 21.4. The van der Waals surface area contributed by atoms with Gasteiger partial charge in [0, 0.05) is 29.4 Å². The topological polar surface area (TPSA) is 74.8 Å². The van der Waals surface area contributed by atoms with Crippen LogP contribution in [-0.4, -0.2) is 37.6 Å². The van der Waals surface area contributed by atoms with Crippen molar-refractivity contribution in [2.45, 2.75) is 51.6 Å². The first kappa shape index (κ1) is 22.2. The van der Waals surface area contributed by atoms with E-state index in [0.29, 0.717) is 18.3 Å². The van der Waals surface area contributed by atoms with Gasteiger partial charge in [-0.3, -0.25) is 4.79 Å². The van der Waals surface area contributed by atoms with Crippen LogP contribution in [0.25, 0.3) is 0 Å². The number of nitrogens with one attached hydrogen (secondary N) is 3. The van der Waals surface area contributed by atoms with Gasteiger partial charge in [-0.15, -0.1) is 11.3 Å². The molecule has 1 heterocycles. The maximum absolute atomic E-state index is 11.8. The standard InChI is InChI=1S/C23H32N4O2S/c1-4-24-22(26-16-23(2,3)20-9-6-12-30-20)25-14-17-7-5-8-19(13-17)29-15-21(28)27-18-10-11-18/h5-9,12-13,18H,4,10-11,14-16H2,1-3H3,(H,27,28)(H2,24,25,26). The summed E-state index contributed by atoms with van der Waals surface area (Å²) in [5.74, 6) is 1.41. The number of nitrogens with zero attached hydrogens (tertiary/aromatic N) is 1. The van der Waals surface area contributed by atoms with Crippen LogP contribution in [0.1, 0.15) is 44.1 Å². The van der Waals surface area contributed by atoms with E-state index in [1.54, 1.807) is 11.3 Å². The molecular weight excluding hydrogens is 396 g/mol. The Kier molecular flexibility index (Phi) is 7.74. The van der Waals surface area contributed by atoms with E-state index >= 15 is 0 Å². The molecule has 6 nitrogen and oxygen atoms in total. The fourth-order valence-corrected chi connectivity index (χ4v) is 3.80. The Balaban J connectivity index is 1.53. The van der Waals surface area contributed by atoms with Gasteiger partial charge < -0.3 is 20.7 Å². The van der Waals surface area contributed by atoms with Crippen molar-refractivity contribution >= 4 is 23.2 Å². The third-order valence-electron chi connectivity index (χ3n) is 4.86. The first-order valence-electron chi connectivity index (χ1n) is 10.5. The van der Waals surface area contributed by atoms with Crippen molar-refractivity contribution in [3.8, 4) is 5.75 Å². The number of amides is 1. The Labute approximate surface area is 183 Å². The van der Waals surface area contributed by atoms with Crippen molar-refractivity contribution in [2.75, 3.05) is 19.7 Å². The highest BCUT2D eigenvalue weighted by Gasteiger charge is 2.23. The molecule has 1 aliphatic carbocycles. The molecule has 0 atom stereocenters. The molecule has 0 radical (unpaired) electrons. The lowest BCUT2D eigenvalue weighted by molar-refractivity contribution is -0.123. The van der Waals surface area contributed by atoms with E-state index in [0.717, 1.165) is 37.5 Å². The van der Waals surface area contributed by atoms with Gasteiger partial charge >= 0.3 is 0 Å². The van der Waals surface area contributed by atoms with Crippen molar-refractivity contribution in [3.05, 3.63) is 52.2 Å². The molecule has 0 bridgehead atoms. The summed E-state index contributed by atoms with van der Waals surface area (Å²) in [7, 11) is 0. The molecule has 162 valence electrons. The number of aliphatic imine (C=N–C) groups is 1. The zero-order valence-electron chi connectivity index (χ0n) is 18.0. The van der Waals surface area contributed by atoms with E-state index in [1.165, 1.54) is 4.88 Å². The van der Waals surface area contributed by atoms with Crippen LogP contribution in [0.2, 0.25) is 0 Å². The number of guanidine groups is 1. The second-order valence-corrected chi connectivity index (χ2v) is 9.14. The minimum atomic E-state index is -0.0621. The first-order valence-corrected chi connectivity index (χ1v) is 11.4.